The first kappa shape index (κ1) is 23.2. The van der Waals surface area contributed by atoms with Crippen molar-refractivity contribution in [2.75, 3.05) is 23.0 Å². The monoisotopic (exact) mass is 390 g/mol. The molecule has 0 bridgehead atoms. The standard InChI is InChI=1S/C14H30O4S4/c1-3-5-7-11-19(15)21(17)13-9-10-14-22(18)20(16)12-8-6-4-2/h3-14H2,1-2H3. The molecule has 0 amide bonds. The van der Waals surface area contributed by atoms with E-state index in [1.54, 1.807) is 0 Å². The van der Waals surface area contributed by atoms with E-state index in [-0.39, 0.29) is 0 Å². The number of unbranched alkanes of at least 4 members (excludes halogenated alkanes) is 5. The molecule has 0 rings (SSSR count). The van der Waals surface area contributed by atoms with Gasteiger partial charge in [0, 0.05) is 12.8 Å². The van der Waals surface area contributed by atoms with Gasteiger partial charge in [0.15, 0.2) is 63.8 Å². The van der Waals surface area contributed by atoms with Crippen molar-refractivity contribution in [1.82, 2.24) is 0 Å². The number of hydrogen-bond acceptors (Lipinski definition) is 4. The summed E-state index contributed by atoms with van der Waals surface area (Å²) in [6, 6.07) is 0. The van der Waals surface area contributed by atoms with Gasteiger partial charge in [-0.3, -0.25) is 0 Å². The molecule has 0 N–H and O–H groups in total. The van der Waals surface area contributed by atoms with Gasteiger partial charge in [0.1, 0.15) is 0 Å². The Balaban J connectivity index is 3.64. The van der Waals surface area contributed by atoms with Crippen molar-refractivity contribution in [2.24, 2.45) is 0 Å². The maximum atomic E-state index is 11.8. The van der Waals surface area contributed by atoms with Crippen LogP contribution < -0.4 is 0 Å². The fourth-order valence-corrected chi connectivity index (χ4v) is 7.90. The lowest BCUT2D eigenvalue weighted by Gasteiger charge is -2.14. The molecule has 0 aliphatic rings. The molecule has 134 valence electrons. The van der Waals surface area contributed by atoms with Gasteiger partial charge in [-0.1, -0.05) is 26.7 Å². The molecule has 0 saturated heterocycles. The predicted octanol–water partition coefficient (Wildman–Crippen LogP) is 2.97. The highest BCUT2D eigenvalue weighted by molar-refractivity contribution is 8.67. The van der Waals surface area contributed by atoms with Crippen LogP contribution in [0.1, 0.15) is 65.2 Å². The third-order valence-electron chi connectivity index (χ3n) is 3.12. The lowest BCUT2D eigenvalue weighted by molar-refractivity contribution is 0.575. The Bertz CT molecular complexity index is 225. The van der Waals surface area contributed by atoms with E-state index < -0.39 is 40.8 Å². The summed E-state index contributed by atoms with van der Waals surface area (Å²) in [7, 11) is -5.12. The first-order chi connectivity index (χ1) is 10.5. The SMILES string of the molecule is CCCCC[S+]([O-])[S+]([O-])CCCC[S+]([O-])[S+]([O-])CCCCC. The number of hydrogen-bond donors (Lipinski definition) is 0. The van der Waals surface area contributed by atoms with E-state index in [1.165, 1.54) is 0 Å². The van der Waals surface area contributed by atoms with Gasteiger partial charge in [-0.2, -0.15) is 0 Å². The minimum atomic E-state index is -1.30. The van der Waals surface area contributed by atoms with Crippen molar-refractivity contribution < 1.29 is 18.2 Å². The maximum absolute atomic E-state index is 11.8. The molecule has 0 fully saturated rings. The summed E-state index contributed by atoms with van der Waals surface area (Å²) >= 11 is 0. The van der Waals surface area contributed by atoms with Crippen LogP contribution in [0.3, 0.4) is 0 Å². The van der Waals surface area contributed by atoms with Gasteiger partial charge >= 0.3 is 0 Å². The van der Waals surface area contributed by atoms with Crippen LogP contribution in [0, 0.1) is 0 Å². The summed E-state index contributed by atoms with van der Waals surface area (Å²) < 4.78 is 46.9. The largest absolute Gasteiger partial charge is 0.571 e. The highest BCUT2D eigenvalue weighted by Crippen LogP contribution is 2.14. The molecule has 4 atom stereocenters. The summed E-state index contributed by atoms with van der Waals surface area (Å²) in [5.41, 5.74) is 0. The Morgan fingerprint density at radius 3 is 0.909 bits per heavy atom. The van der Waals surface area contributed by atoms with Crippen LogP contribution in [0.4, 0.5) is 0 Å². The quantitative estimate of drug-likeness (QED) is 0.244. The smallest absolute Gasteiger partial charge is 0.170 e. The molecule has 4 unspecified atom stereocenters. The second kappa shape index (κ2) is 15.7. The summed E-state index contributed by atoms with van der Waals surface area (Å²) in [5.74, 6) is 1.79. The van der Waals surface area contributed by atoms with Gasteiger partial charge in [-0.15, -0.1) is 0 Å². The molecular formula is C14H30O4S4. The summed E-state index contributed by atoms with van der Waals surface area (Å²) in [6.45, 7) is 4.15. The molecule has 4 nitrogen and oxygen atoms in total. The molecule has 0 saturated carbocycles. The second-order valence-electron chi connectivity index (χ2n) is 5.15. The third-order valence-corrected chi connectivity index (χ3v) is 10.9. The van der Waals surface area contributed by atoms with Gasteiger partial charge in [0.25, 0.3) is 0 Å². The van der Waals surface area contributed by atoms with Crippen LogP contribution in [0.5, 0.6) is 0 Å². The van der Waals surface area contributed by atoms with E-state index in [9.17, 15) is 18.2 Å². The topological polar surface area (TPSA) is 92.2 Å². The van der Waals surface area contributed by atoms with Crippen molar-refractivity contribution in [2.45, 2.75) is 65.2 Å². The highest BCUT2D eigenvalue weighted by atomic mass is 33.2. The summed E-state index contributed by atoms with van der Waals surface area (Å²) in [4.78, 5) is 0. The van der Waals surface area contributed by atoms with Crippen molar-refractivity contribution in [3.8, 4) is 0 Å². The van der Waals surface area contributed by atoms with E-state index >= 15 is 0 Å². The van der Waals surface area contributed by atoms with Crippen LogP contribution in [0.15, 0.2) is 0 Å². The minimum Gasteiger partial charge on any atom is -0.571 e. The van der Waals surface area contributed by atoms with Crippen LogP contribution in [-0.4, -0.2) is 41.2 Å². The Morgan fingerprint density at radius 1 is 0.455 bits per heavy atom. The zero-order chi connectivity index (χ0) is 16.8. The molecule has 0 aromatic carbocycles. The molecule has 0 aliphatic heterocycles. The molecule has 22 heavy (non-hydrogen) atoms. The Morgan fingerprint density at radius 2 is 0.682 bits per heavy atom. The van der Waals surface area contributed by atoms with E-state index in [0.717, 1.165) is 38.5 Å². The Labute approximate surface area is 147 Å². The summed E-state index contributed by atoms with van der Waals surface area (Å²) in [5, 5.41) is 0. The Hall–Kier alpha value is 1.24. The van der Waals surface area contributed by atoms with E-state index in [4.69, 9.17) is 0 Å². The number of rotatable bonds is 15. The zero-order valence-electron chi connectivity index (χ0n) is 13.8. The molecule has 0 radical (unpaired) electrons. The van der Waals surface area contributed by atoms with Crippen LogP contribution in [-0.2, 0) is 40.8 Å². The van der Waals surface area contributed by atoms with E-state index in [0.29, 0.717) is 35.9 Å². The normalized spacial score (nSPS) is 17.2. The van der Waals surface area contributed by atoms with E-state index in [2.05, 4.69) is 13.8 Å². The van der Waals surface area contributed by atoms with Gasteiger partial charge < -0.3 is 18.2 Å². The fourth-order valence-electron chi connectivity index (χ4n) is 1.75. The third kappa shape index (κ3) is 12.6. The van der Waals surface area contributed by atoms with Crippen molar-refractivity contribution in [3.63, 3.8) is 0 Å². The first-order valence-electron chi connectivity index (χ1n) is 8.07. The first-order valence-corrected chi connectivity index (χ1v) is 14.4. The van der Waals surface area contributed by atoms with Gasteiger partial charge in [0.05, 0.1) is 0 Å². The van der Waals surface area contributed by atoms with E-state index in [1.807, 2.05) is 0 Å². The second-order valence-corrected chi connectivity index (χ2v) is 13.7. The highest BCUT2D eigenvalue weighted by Gasteiger charge is 2.26. The van der Waals surface area contributed by atoms with Gasteiger partial charge in [-0.25, -0.2) is 0 Å². The Kier molecular flexibility index (Phi) is 16.6. The minimum absolute atomic E-state index is 0.387. The predicted molar refractivity (Wildman–Crippen MR) is 100 cm³/mol. The molecule has 0 heterocycles. The molecule has 0 aliphatic carbocycles. The molecule has 0 aromatic rings. The molecule has 0 spiro atoms. The average molecular weight is 391 g/mol. The van der Waals surface area contributed by atoms with Crippen molar-refractivity contribution >= 4 is 40.8 Å². The average Bonchev–Trinajstić information content (AvgIpc) is 2.51. The molecule has 8 heteroatoms. The van der Waals surface area contributed by atoms with Crippen molar-refractivity contribution in [1.29, 1.82) is 0 Å². The van der Waals surface area contributed by atoms with Crippen LogP contribution in [0.2, 0.25) is 0 Å². The molecule has 0 aromatic heterocycles. The van der Waals surface area contributed by atoms with Crippen molar-refractivity contribution in [3.05, 3.63) is 0 Å². The summed E-state index contributed by atoms with van der Waals surface area (Å²) in [6.07, 6.45) is 7.13. The van der Waals surface area contributed by atoms with Gasteiger partial charge in [0.2, 0.25) is 0 Å². The lowest BCUT2D eigenvalue weighted by atomic mass is 10.3. The van der Waals surface area contributed by atoms with Crippen LogP contribution >= 0.6 is 0 Å². The lowest BCUT2D eigenvalue weighted by Crippen LogP contribution is -2.24. The molecular weight excluding hydrogens is 360 g/mol. The maximum Gasteiger partial charge on any atom is 0.170 e. The fraction of sp³-hybridized carbons (Fsp3) is 1.00. The zero-order valence-corrected chi connectivity index (χ0v) is 17.0. The van der Waals surface area contributed by atoms with Crippen LogP contribution in [0.25, 0.3) is 0 Å². The van der Waals surface area contributed by atoms with Gasteiger partial charge in [-0.05, 0) is 25.7 Å².